The third-order valence-corrected chi connectivity index (χ3v) is 2.51. The number of carbonyl (C=O) groups excluding carboxylic acids is 1. The molecule has 1 fully saturated rings. The van der Waals surface area contributed by atoms with Crippen molar-refractivity contribution in [2.45, 2.75) is 18.9 Å². The number of Topliss-reactive ketones (excluding diaryl/α,β-unsaturated/α-hetero) is 1. The molecule has 0 amide bonds. The molecule has 0 aliphatic carbocycles. The van der Waals surface area contributed by atoms with Gasteiger partial charge in [-0.3, -0.25) is 4.79 Å². The van der Waals surface area contributed by atoms with Crippen LogP contribution in [0.15, 0.2) is 18.9 Å². The third-order valence-electron chi connectivity index (χ3n) is 2.51. The first kappa shape index (κ1) is 10.0. The van der Waals surface area contributed by atoms with Gasteiger partial charge in [-0.05, 0) is 6.42 Å². The van der Waals surface area contributed by atoms with E-state index in [9.17, 15) is 4.79 Å². The molecule has 5 heteroatoms. The molecule has 1 N–H and O–H groups in total. The van der Waals surface area contributed by atoms with Crippen LogP contribution in [0.5, 0.6) is 0 Å². The van der Waals surface area contributed by atoms with E-state index in [2.05, 4.69) is 22.2 Å². The number of carbonyl (C=O) groups is 1. The Labute approximate surface area is 88.2 Å². The number of aromatic nitrogens is 3. The van der Waals surface area contributed by atoms with E-state index in [0.717, 1.165) is 13.1 Å². The summed E-state index contributed by atoms with van der Waals surface area (Å²) < 4.78 is 1.76. The predicted octanol–water partition coefficient (Wildman–Crippen LogP) is 0.571. The minimum absolute atomic E-state index is 0.0356. The van der Waals surface area contributed by atoms with Gasteiger partial charge in [-0.2, -0.15) is 0 Å². The van der Waals surface area contributed by atoms with Gasteiger partial charge in [-0.1, -0.05) is 11.3 Å². The Bertz CT molecular complexity index is 367. The van der Waals surface area contributed by atoms with Crippen molar-refractivity contribution < 1.29 is 4.79 Å². The molecule has 1 saturated heterocycles. The van der Waals surface area contributed by atoms with Crippen LogP contribution >= 0.6 is 0 Å². The molecule has 2 heterocycles. The van der Waals surface area contributed by atoms with E-state index in [1.54, 1.807) is 17.0 Å². The molecule has 15 heavy (non-hydrogen) atoms. The zero-order valence-corrected chi connectivity index (χ0v) is 8.52. The average molecular weight is 206 g/mol. The van der Waals surface area contributed by atoms with Crippen molar-refractivity contribution in [2.24, 2.45) is 0 Å². The first-order valence-corrected chi connectivity index (χ1v) is 5.08. The number of rotatable bonds is 5. The Morgan fingerprint density at radius 3 is 3.13 bits per heavy atom. The van der Waals surface area contributed by atoms with E-state index < -0.39 is 0 Å². The van der Waals surface area contributed by atoms with Crippen LogP contribution < -0.4 is 5.32 Å². The molecule has 5 nitrogen and oxygen atoms in total. The predicted molar refractivity (Wildman–Crippen MR) is 55.7 cm³/mol. The SMILES string of the molecule is C=CCCC(=O)c1cn(C2CNC2)nn1. The monoisotopic (exact) mass is 206 g/mol. The van der Waals surface area contributed by atoms with Gasteiger partial charge in [-0.25, -0.2) is 4.68 Å². The highest BCUT2D eigenvalue weighted by Crippen LogP contribution is 2.11. The van der Waals surface area contributed by atoms with Gasteiger partial charge in [0.15, 0.2) is 5.78 Å². The number of nitrogens with one attached hydrogen (secondary N) is 1. The molecule has 0 atom stereocenters. The Morgan fingerprint density at radius 1 is 1.73 bits per heavy atom. The van der Waals surface area contributed by atoms with Gasteiger partial charge in [0.05, 0.1) is 12.2 Å². The largest absolute Gasteiger partial charge is 0.312 e. The molecule has 1 aliphatic rings. The fourth-order valence-electron chi connectivity index (χ4n) is 1.40. The van der Waals surface area contributed by atoms with Crippen LogP contribution in [0.1, 0.15) is 29.4 Å². The summed E-state index contributed by atoms with van der Waals surface area (Å²) in [5, 5.41) is 11.0. The lowest BCUT2D eigenvalue weighted by atomic mass is 10.1. The van der Waals surface area contributed by atoms with Crippen molar-refractivity contribution in [1.29, 1.82) is 0 Å². The molecule has 2 rings (SSSR count). The summed E-state index contributed by atoms with van der Waals surface area (Å²) in [6.07, 6.45) is 4.62. The number of ketones is 1. The number of allylic oxidation sites excluding steroid dienone is 1. The van der Waals surface area contributed by atoms with E-state index in [4.69, 9.17) is 0 Å². The van der Waals surface area contributed by atoms with Crippen LogP contribution in [0.3, 0.4) is 0 Å². The van der Waals surface area contributed by atoms with Gasteiger partial charge in [0, 0.05) is 19.5 Å². The van der Waals surface area contributed by atoms with E-state index in [0.29, 0.717) is 24.6 Å². The van der Waals surface area contributed by atoms with Gasteiger partial charge in [0.1, 0.15) is 5.69 Å². The molecular weight excluding hydrogens is 192 g/mol. The second kappa shape index (κ2) is 4.35. The van der Waals surface area contributed by atoms with Gasteiger partial charge in [-0.15, -0.1) is 11.7 Å². The van der Waals surface area contributed by atoms with Crippen LogP contribution in [0.2, 0.25) is 0 Å². The maximum atomic E-state index is 11.6. The Kier molecular flexibility index (Phi) is 2.91. The zero-order valence-electron chi connectivity index (χ0n) is 8.52. The first-order valence-electron chi connectivity index (χ1n) is 5.08. The van der Waals surface area contributed by atoms with Crippen LogP contribution in [-0.2, 0) is 0 Å². The van der Waals surface area contributed by atoms with Crippen molar-refractivity contribution in [1.82, 2.24) is 20.3 Å². The van der Waals surface area contributed by atoms with Gasteiger partial charge in [0.2, 0.25) is 0 Å². The fraction of sp³-hybridized carbons (Fsp3) is 0.500. The summed E-state index contributed by atoms with van der Waals surface area (Å²) in [7, 11) is 0. The van der Waals surface area contributed by atoms with Crippen LogP contribution in [-0.4, -0.2) is 33.9 Å². The number of hydrogen-bond acceptors (Lipinski definition) is 4. The molecule has 0 spiro atoms. The van der Waals surface area contributed by atoms with E-state index >= 15 is 0 Å². The molecule has 1 aliphatic heterocycles. The Balaban J connectivity index is 1.99. The summed E-state index contributed by atoms with van der Waals surface area (Å²) in [6, 6.07) is 0.360. The lowest BCUT2D eigenvalue weighted by Gasteiger charge is -2.26. The minimum Gasteiger partial charge on any atom is -0.312 e. The van der Waals surface area contributed by atoms with Crippen molar-refractivity contribution in [3.05, 3.63) is 24.5 Å². The molecule has 0 aromatic carbocycles. The molecule has 0 bridgehead atoms. The third kappa shape index (κ3) is 2.12. The molecular formula is C10H14N4O. The Hall–Kier alpha value is -1.49. The first-order chi connectivity index (χ1) is 7.31. The van der Waals surface area contributed by atoms with Crippen molar-refractivity contribution >= 4 is 5.78 Å². The van der Waals surface area contributed by atoms with Crippen LogP contribution in [0.4, 0.5) is 0 Å². The van der Waals surface area contributed by atoms with Crippen LogP contribution in [0.25, 0.3) is 0 Å². The summed E-state index contributed by atoms with van der Waals surface area (Å²) in [5.41, 5.74) is 0.462. The molecule has 80 valence electrons. The second-order valence-electron chi connectivity index (χ2n) is 3.65. The summed E-state index contributed by atoms with van der Waals surface area (Å²) >= 11 is 0. The minimum atomic E-state index is 0.0356. The van der Waals surface area contributed by atoms with Crippen molar-refractivity contribution in [2.75, 3.05) is 13.1 Å². The normalized spacial score (nSPS) is 16.0. The van der Waals surface area contributed by atoms with E-state index in [-0.39, 0.29) is 5.78 Å². The topological polar surface area (TPSA) is 59.8 Å². The second-order valence-corrected chi connectivity index (χ2v) is 3.65. The maximum absolute atomic E-state index is 11.6. The molecule has 0 saturated carbocycles. The molecule has 0 radical (unpaired) electrons. The highest BCUT2D eigenvalue weighted by atomic mass is 16.1. The average Bonchev–Trinajstić information content (AvgIpc) is 2.60. The van der Waals surface area contributed by atoms with Gasteiger partial charge in [0.25, 0.3) is 0 Å². The lowest BCUT2D eigenvalue weighted by Crippen LogP contribution is -2.43. The maximum Gasteiger partial charge on any atom is 0.185 e. The van der Waals surface area contributed by atoms with E-state index in [1.165, 1.54) is 0 Å². The Morgan fingerprint density at radius 2 is 2.53 bits per heavy atom. The summed E-state index contributed by atoms with van der Waals surface area (Å²) in [4.78, 5) is 11.6. The smallest absolute Gasteiger partial charge is 0.185 e. The highest BCUT2D eigenvalue weighted by molar-refractivity contribution is 5.93. The molecule has 0 unspecified atom stereocenters. The lowest BCUT2D eigenvalue weighted by molar-refractivity contribution is 0.0979. The zero-order chi connectivity index (χ0) is 10.7. The van der Waals surface area contributed by atoms with Gasteiger partial charge < -0.3 is 5.32 Å². The number of hydrogen-bond donors (Lipinski definition) is 1. The number of nitrogens with zero attached hydrogens (tertiary/aromatic N) is 3. The van der Waals surface area contributed by atoms with E-state index in [1.807, 2.05) is 0 Å². The standard InChI is InChI=1S/C10H14N4O/c1-2-3-4-10(15)9-7-14(13-12-9)8-5-11-6-8/h2,7-8,11H,1,3-6H2. The fourth-order valence-corrected chi connectivity index (χ4v) is 1.40. The summed E-state index contributed by atoms with van der Waals surface area (Å²) in [6.45, 7) is 5.39. The van der Waals surface area contributed by atoms with Gasteiger partial charge >= 0.3 is 0 Å². The summed E-state index contributed by atoms with van der Waals surface area (Å²) in [5.74, 6) is 0.0356. The quantitative estimate of drug-likeness (QED) is 0.565. The van der Waals surface area contributed by atoms with Crippen molar-refractivity contribution in [3.63, 3.8) is 0 Å². The van der Waals surface area contributed by atoms with Crippen molar-refractivity contribution in [3.8, 4) is 0 Å². The molecule has 1 aromatic rings. The highest BCUT2D eigenvalue weighted by Gasteiger charge is 2.21. The van der Waals surface area contributed by atoms with Crippen LogP contribution in [0, 0.1) is 0 Å². The molecule has 1 aromatic heterocycles.